The number of morpholine rings is 1. The van der Waals surface area contributed by atoms with E-state index in [4.69, 9.17) is 14.2 Å². The number of aromatic nitrogens is 3. The first kappa shape index (κ1) is 29.8. The number of thiazole rings is 1. The first-order chi connectivity index (χ1) is 21.0. The Morgan fingerprint density at radius 3 is 2.43 bits per heavy atom. The fraction of sp³-hybridized carbons (Fsp3) is 0.345. The fourth-order valence-electron chi connectivity index (χ4n) is 4.61. The second-order valence-corrected chi connectivity index (χ2v) is 12.2. The third-order valence-corrected chi connectivity index (χ3v) is 7.96. The SMILES string of the molecule is CC(C)(C)c1cc(NC(=O)Nc2ccc(-c3cn4c(n3)sc3cc(OCCN5C(F)C(F)OC(F)C5F)ccc34)cc2)no1. The van der Waals surface area contributed by atoms with E-state index < -0.39 is 31.3 Å². The highest BCUT2D eigenvalue weighted by atomic mass is 32.1. The van der Waals surface area contributed by atoms with Crippen LogP contribution in [0, 0.1) is 0 Å². The van der Waals surface area contributed by atoms with Crippen LogP contribution >= 0.6 is 11.3 Å². The summed E-state index contributed by atoms with van der Waals surface area (Å²) >= 11 is 1.42. The number of nitrogens with one attached hydrogen (secondary N) is 2. The summed E-state index contributed by atoms with van der Waals surface area (Å²) in [7, 11) is 0. The predicted molar refractivity (Wildman–Crippen MR) is 157 cm³/mol. The molecule has 6 rings (SSSR count). The van der Waals surface area contributed by atoms with Crippen molar-refractivity contribution in [3.05, 3.63) is 60.5 Å². The number of hydrogen-bond donors (Lipinski definition) is 2. The first-order valence-electron chi connectivity index (χ1n) is 13.6. The number of amides is 2. The van der Waals surface area contributed by atoms with E-state index >= 15 is 0 Å². The molecule has 2 aromatic carbocycles. The van der Waals surface area contributed by atoms with Gasteiger partial charge in [0.05, 0.1) is 15.9 Å². The lowest BCUT2D eigenvalue weighted by molar-refractivity contribution is -0.292. The minimum atomic E-state index is -2.57. The van der Waals surface area contributed by atoms with Crippen molar-refractivity contribution < 1.29 is 36.4 Å². The summed E-state index contributed by atoms with van der Waals surface area (Å²) in [5.74, 6) is 1.41. The number of anilines is 2. The van der Waals surface area contributed by atoms with Crippen molar-refractivity contribution in [2.45, 2.75) is 51.5 Å². The largest absolute Gasteiger partial charge is 0.492 e. The van der Waals surface area contributed by atoms with Gasteiger partial charge in [0.15, 0.2) is 10.8 Å². The van der Waals surface area contributed by atoms with Gasteiger partial charge in [-0.05, 0) is 30.3 Å². The Labute approximate surface area is 252 Å². The molecule has 0 saturated carbocycles. The van der Waals surface area contributed by atoms with E-state index in [0.29, 0.717) is 27.9 Å². The minimum absolute atomic E-state index is 0.191. The molecule has 0 spiro atoms. The van der Waals surface area contributed by atoms with Crippen LogP contribution in [-0.4, -0.2) is 63.9 Å². The van der Waals surface area contributed by atoms with Crippen LogP contribution < -0.4 is 15.4 Å². The Hall–Kier alpha value is -4.21. The van der Waals surface area contributed by atoms with Crippen LogP contribution in [-0.2, 0) is 10.2 Å². The van der Waals surface area contributed by atoms with E-state index in [2.05, 4.69) is 20.5 Å². The average molecular weight is 633 g/mol. The number of nitrogens with zero attached hydrogens (tertiary/aromatic N) is 4. The number of ether oxygens (including phenoxy) is 2. The Bertz CT molecular complexity index is 1770. The van der Waals surface area contributed by atoms with E-state index in [1.165, 1.54) is 11.3 Å². The zero-order valence-corrected chi connectivity index (χ0v) is 24.6. The molecule has 232 valence electrons. The highest BCUT2D eigenvalue weighted by molar-refractivity contribution is 7.23. The van der Waals surface area contributed by atoms with Gasteiger partial charge in [0.1, 0.15) is 18.1 Å². The summed E-state index contributed by atoms with van der Waals surface area (Å²) in [6, 6.07) is 13.7. The van der Waals surface area contributed by atoms with Gasteiger partial charge in [0.25, 0.3) is 0 Å². The fourth-order valence-corrected chi connectivity index (χ4v) is 5.64. The van der Waals surface area contributed by atoms with E-state index in [1.54, 1.807) is 30.3 Å². The van der Waals surface area contributed by atoms with Crippen molar-refractivity contribution in [1.82, 2.24) is 19.4 Å². The maximum atomic E-state index is 13.9. The molecule has 5 aromatic rings. The normalized spacial score (nSPS) is 21.2. The third-order valence-electron chi connectivity index (χ3n) is 6.94. The second kappa shape index (κ2) is 11.7. The van der Waals surface area contributed by atoms with Gasteiger partial charge in [-0.25, -0.2) is 32.2 Å². The molecule has 4 unspecified atom stereocenters. The molecule has 15 heteroatoms. The minimum Gasteiger partial charge on any atom is -0.492 e. The van der Waals surface area contributed by atoms with Crippen molar-refractivity contribution in [2.75, 3.05) is 23.8 Å². The zero-order valence-electron chi connectivity index (χ0n) is 23.8. The Balaban J connectivity index is 1.07. The Kier molecular flexibility index (Phi) is 7.94. The maximum absolute atomic E-state index is 13.9. The van der Waals surface area contributed by atoms with E-state index in [0.717, 1.165) is 26.4 Å². The van der Waals surface area contributed by atoms with Crippen molar-refractivity contribution >= 4 is 44.1 Å². The van der Waals surface area contributed by atoms with Gasteiger partial charge in [-0.1, -0.05) is 49.4 Å². The zero-order chi connectivity index (χ0) is 31.2. The van der Waals surface area contributed by atoms with Crippen LogP contribution in [0.4, 0.5) is 33.9 Å². The molecular formula is C29H28F4N6O4S. The molecule has 10 nitrogen and oxygen atoms in total. The lowest BCUT2D eigenvalue weighted by Crippen LogP contribution is -2.56. The van der Waals surface area contributed by atoms with Gasteiger partial charge < -0.3 is 19.3 Å². The van der Waals surface area contributed by atoms with Crippen LogP contribution in [0.1, 0.15) is 26.5 Å². The van der Waals surface area contributed by atoms with Crippen LogP contribution in [0.5, 0.6) is 5.75 Å². The number of fused-ring (bicyclic) bond motifs is 3. The van der Waals surface area contributed by atoms with Gasteiger partial charge >= 0.3 is 6.03 Å². The van der Waals surface area contributed by atoms with Gasteiger partial charge in [-0.3, -0.25) is 9.72 Å². The summed E-state index contributed by atoms with van der Waals surface area (Å²) in [6.45, 7) is 5.39. The van der Waals surface area contributed by atoms with E-state index in [9.17, 15) is 22.4 Å². The molecule has 1 fully saturated rings. The average Bonchev–Trinajstić information content (AvgIpc) is 3.69. The van der Waals surface area contributed by atoms with E-state index in [-0.39, 0.29) is 18.6 Å². The molecule has 4 heterocycles. The van der Waals surface area contributed by atoms with Crippen molar-refractivity contribution in [2.24, 2.45) is 0 Å². The smallest absolute Gasteiger partial charge is 0.324 e. The predicted octanol–water partition coefficient (Wildman–Crippen LogP) is 7.04. The van der Waals surface area contributed by atoms with Gasteiger partial charge in [0.2, 0.25) is 25.3 Å². The molecule has 44 heavy (non-hydrogen) atoms. The highest BCUT2D eigenvalue weighted by Gasteiger charge is 2.45. The third kappa shape index (κ3) is 6.07. The molecule has 3 aromatic heterocycles. The second-order valence-electron chi connectivity index (χ2n) is 11.2. The summed E-state index contributed by atoms with van der Waals surface area (Å²) in [6.07, 6.45) is -8.11. The van der Waals surface area contributed by atoms with Crippen molar-refractivity contribution in [1.29, 1.82) is 0 Å². The quantitative estimate of drug-likeness (QED) is 0.147. The number of hydrogen-bond acceptors (Lipinski definition) is 8. The summed E-state index contributed by atoms with van der Waals surface area (Å²) in [5.41, 5.74) is 2.80. The molecule has 2 N–H and O–H groups in total. The van der Waals surface area contributed by atoms with Crippen LogP contribution in [0.25, 0.3) is 26.4 Å². The number of imidazole rings is 1. The van der Waals surface area contributed by atoms with E-state index in [1.807, 2.05) is 49.6 Å². The highest BCUT2D eigenvalue weighted by Crippen LogP contribution is 2.33. The lowest BCUT2D eigenvalue weighted by atomic mass is 9.93. The Morgan fingerprint density at radius 2 is 1.75 bits per heavy atom. The molecule has 0 aliphatic carbocycles. The number of alkyl halides is 4. The number of urea groups is 1. The number of rotatable bonds is 7. The lowest BCUT2D eigenvalue weighted by Gasteiger charge is -2.36. The van der Waals surface area contributed by atoms with Gasteiger partial charge in [-0.2, -0.15) is 0 Å². The molecule has 2 amide bonds. The molecule has 0 radical (unpaired) electrons. The number of halogens is 4. The van der Waals surface area contributed by atoms with Gasteiger partial charge in [0, 0.05) is 35.5 Å². The molecule has 1 aliphatic heterocycles. The summed E-state index contributed by atoms with van der Waals surface area (Å²) < 4.78 is 72.4. The summed E-state index contributed by atoms with van der Waals surface area (Å²) in [5, 5.41) is 9.30. The van der Waals surface area contributed by atoms with Gasteiger partial charge in [-0.15, -0.1) is 0 Å². The van der Waals surface area contributed by atoms with Crippen LogP contribution in [0.15, 0.2) is 59.3 Å². The monoisotopic (exact) mass is 632 g/mol. The maximum Gasteiger partial charge on any atom is 0.324 e. The molecular weight excluding hydrogens is 604 g/mol. The summed E-state index contributed by atoms with van der Waals surface area (Å²) in [4.78, 5) is 18.3. The molecule has 1 saturated heterocycles. The van der Waals surface area contributed by atoms with Crippen LogP contribution in [0.2, 0.25) is 0 Å². The van der Waals surface area contributed by atoms with Crippen LogP contribution in [0.3, 0.4) is 0 Å². The molecule has 0 bridgehead atoms. The topological polar surface area (TPSA) is 106 Å². The number of benzene rings is 2. The number of carbonyl (C=O) groups excluding carboxylic acids is 1. The molecule has 4 atom stereocenters. The molecule has 1 aliphatic rings. The first-order valence-corrected chi connectivity index (χ1v) is 14.5. The van der Waals surface area contributed by atoms with Crippen molar-refractivity contribution in [3.63, 3.8) is 0 Å². The Morgan fingerprint density at radius 1 is 1.02 bits per heavy atom. The standard InChI is InChI=1S/C29H28F4N6O4S/c1-29(2,3)21-13-22(37-43-21)36-27(40)34-16-6-4-15(5-7-16)18-14-39-19-9-8-17(12-20(19)44-28(39)35-18)41-11-10-38-23(30)25(32)42-26(33)24(38)31/h4-9,12-14,23-26H,10-11H2,1-3H3,(H2,34,36,37,40). The van der Waals surface area contributed by atoms with Crippen molar-refractivity contribution in [3.8, 4) is 17.0 Å². The number of carbonyl (C=O) groups is 1.